The lowest BCUT2D eigenvalue weighted by Crippen LogP contribution is -1.90. The molecule has 15 heavy (non-hydrogen) atoms. The van der Waals surface area contributed by atoms with Crippen molar-refractivity contribution in [3.05, 3.63) is 30.0 Å². The fraction of sp³-hybridized carbons (Fsp3) is 0.333. The van der Waals surface area contributed by atoms with Gasteiger partial charge >= 0.3 is 0 Å². The number of hydrogen-bond donors (Lipinski definition) is 2. The lowest BCUT2D eigenvalue weighted by atomic mass is 10.1. The quantitative estimate of drug-likeness (QED) is 0.778. The Morgan fingerprint density at radius 3 is 2.93 bits per heavy atom. The van der Waals surface area contributed by atoms with Crippen molar-refractivity contribution in [3.8, 4) is 0 Å². The number of benzene rings is 1. The van der Waals surface area contributed by atoms with Crippen molar-refractivity contribution in [1.82, 2.24) is 4.98 Å². The zero-order valence-electron chi connectivity index (χ0n) is 9.08. The summed E-state index contributed by atoms with van der Waals surface area (Å²) in [6, 6.07) is 6.00. The third-order valence-electron chi connectivity index (χ3n) is 2.39. The summed E-state index contributed by atoms with van der Waals surface area (Å²) in [6.07, 6.45) is 2.07. The summed E-state index contributed by atoms with van der Waals surface area (Å²) in [4.78, 5) is 3.26. The van der Waals surface area contributed by atoms with Crippen molar-refractivity contribution in [3.63, 3.8) is 0 Å². The van der Waals surface area contributed by atoms with Gasteiger partial charge in [-0.05, 0) is 22.9 Å². The van der Waals surface area contributed by atoms with Crippen LogP contribution < -0.4 is 5.73 Å². The highest BCUT2D eigenvalue weighted by Gasteiger charge is 2.07. The molecule has 2 aromatic rings. The molecule has 0 saturated heterocycles. The lowest BCUT2D eigenvalue weighted by molar-refractivity contribution is 1.11. The van der Waals surface area contributed by atoms with Gasteiger partial charge in [0.2, 0.25) is 0 Å². The van der Waals surface area contributed by atoms with Crippen molar-refractivity contribution in [1.29, 1.82) is 0 Å². The molecular formula is C12H16N2S. The SMILES string of the molecule is CC(C)SCc1c[nH]c2cccc(N)c12. The number of rotatable bonds is 3. The summed E-state index contributed by atoms with van der Waals surface area (Å²) in [5.74, 6) is 1.02. The van der Waals surface area contributed by atoms with Gasteiger partial charge in [0, 0.05) is 28.5 Å². The summed E-state index contributed by atoms with van der Waals surface area (Å²) < 4.78 is 0. The molecule has 0 fully saturated rings. The first-order valence-corrected chi connectivity index (χ1v) is 6.19. The molecule has 0 radical (unpaired) electrons. The molecule has 1 heterocycles. The standard InChI is InChI=1S/C12H16N2S/c1-8(2)15-7-9-6-14-11-5-3-4-10(13)12(9)11/h3-6,8,14H,7,13H2,1-2H3. The Labute approximate surface area is 94.2 Å². The minimum atomic E-state index is 0.653. The first-order chi connectivity index (χ1) is 7.18. The van der Waals surface area contributed by atoms with E-state index in [2.05, 4.69) is 31.1 Å². The predicted octanol–water partition coefficient (Wildman–Crippen LogP) is 3.39. The zero-order valence-corrected chi connectivity index (χ0v) is 9.90. The minimum absolute atomic E-state index is 0.653. The second-order valence-corrected chi connectivity index (χ2v) is 5.51. The van der Waals surface area contributed by atoms with Crippen LogP contribution in [0.1, 0.15) is 19.4 Å². The van der Waals surface area contributed by atoms with Crippen LogP contribution in [0.25, 0.3) is 10.9 Å². The average Bonchev–Trinajstić information content (AvgIpc) is 2.59. The van der Waals surface area contributed by atoms with Gasteiger partial charge in [0.1, 0.15) is 0 Å². The van der Waals surface area contributed by atoms with Gasteiger partial charge < -0.3 is 10.7 Å². The first kappa shape index (κ1) is 10.4. The summed E-state index contributed by atoms with van der Waals surface area (Å²) in [5.41, 5.74) is 9.29. The Bertz CT molecular complexity index is 460. The van der Waals surface area contributed by atoms with E-state index in [1.807, 2.05) is 23.9 Å². The Morgan fingerprint density at radius 2 is 2.20 bits per heavy atom. The van der Waals surface area contributed by atoms with Crippen molar-refractivity contribution in [2.24, 2.45) is 0 Å². The summed E-state index contributed by atoms with van der Waals surface area (Å²) in [5, 5.41) is 1.84. The second-order valence-electron chi connectivity index (χ2n) is 3.94. The topological polar surface area (TPSA) is 41.8 Å². The number of hydrogen-bond acceptors (Lipinski definition) is 2. The Hall–Kier alpha value is -1.09. The van der Waals surface area contributed by atoms with Crippen LogP contribution in [0, 0.1) is 0 Å². The Kier molecular flexibility index (Phi) is 2.91. The second kappa shape index (κ2) is 4.19. The number of H-pyrrole nitrogens is 1. The van der Waals surface area contributed by atoms with Gasteiger partial charge in [0.05, 0.1) is 0 Å². The van der Waals surface area contributed by atoms with Gasteiger partial charge in [-0.3, -0.25) is 0 Å². The van der Waals surface area contributed by atoms with Crippen LogP contribution in [0.4, 0.5) is 5.69 Å². The molecule has 80 valence electrons. The first-order valence-electron chi connectivity index (χ1n) is 5.14. The van der Waals surface area contributed by atoms with E-state index >= 15 is 0 Å². The van der Waals surface area contributed by atoms with Gasteiger partial charge in [0.25, 0.3) is 0 Å². The number of thioether (sulfide) groups is 1. The van der Waals surface area contributed by atoms with Crippen LogP contribution in [-0.2, 0) is 5.75 Å². The summed E-state index contributed by atoms with van der Waals surface area (Å²) in [6.45, 7) is 4.42. The molecule has 3 heteroatoms. The molecule has 0 aliphatic carbocycles. The molecule has 0 aliphatic heterocycles. The molecule has 0 aliphatic rings. The number of nitrogen functional groups attached to an aromatic ring is 1. The molecule has 2 rings (SSSR count). The smallest absolute Gasteiger partial charge is 0.0478 e. The highest BCUT2D eigenvalue weighted by atomic mass is 32.2. The largest absolute Gasteiger partial charge is 0.398 e. The number of anilines is 1. The molecule has 3 N–H and O–H groups in total. The highest BCUT2D eigenvalue weighted by Crippen LogP contribution is 2.28. The molecular weight excluding hydrogens is 204 g/mol. The zero-order chi connectivity index (χ0) is 10.8. The van der Waals surface area contributed by atoms with Crippen LogP contribution in [0.5, 0.6) is 0 Å². The molecule has 0 atom stereocenters. The molecule has 1 aromatic carbocycles. The maximum Gasteiger partial charge on any atom is 0.0478 e. The van der Waals surface area contributed by atoms with Gasteiger partial charge in [-0.2, -0.15) is 11.8 Å². The molecule has 0 amide bonds. The summed E-state index contributed by atoms with van der Waals surface area (Å²) in [7, 11) is 0. The molecule has 0 spiro atoms. The third-order valence-corrected chi connectivity index (χ3v) is 3.54. The summed E-state index contributed by atoms with van der Waals surface area (Å²) >= 11 is 1.94. The van der Waals surface area contributed by atoms with Crippen LogP contribution in [0.15, 0.2) is 24.4 Å². The fourth-order valence-corrected chi connectivity index (χ4v) is 2.40. The number of fused-ring (bicyclic) bond motifs is 1. The van der Waals surface area contributed by atoms with Crippen LogP contribution >= 0.6 is 11.8 Å². The van der Waals surface area contributed by atoms with Gasteiger partial charge in [-0.25, -0.2) is 0 Å². The number of nitrogens with two attached hydrogens (primary N) is 1. The number of aromatic nitrogens is 1. The van der Waals surface area contributed by atoms with Crippen molar-refractivity contribution < 1.29 is 0 Å². The monoisotopic (exact) mass is 220 g/mol. The van der Waals surface area contributed by atoms with E-state index < -0.39 is 0 Å². The number of nitrogens with one attached hydrogen (secondary N) is 1. The highest BCUT2D eigenvalue weighted by molar-refractivity contribution is 7.99. The fourth-order valence-electron chi connectivity index (χ4n) is 1.66. The maximum absolute atomic E-state index is 5.98. The van der Waals surface area contributed by atoms with Gasteiger partial charge in [-0.1, -0.05) is 19.9 Å². The third kappa shape index (κ3) is 2.12. The molecule has 1 aromatic heterocycles. The maximum atomic E-state index is 5.98. The van der Waals surface area contributed by atoms with E-state index in [9.17, 15) is 0 Å². The average molecular weight is 220 g/mol. The van der Waals surface area contributed by atoms with E-state index in [-0.39, 0.29) is 0 Å². The van der Waals surface area contributed by atoms with Crippen molar-refractivity contribution >= 4 is 28.4 Å². The molecule has 0 unspecified atom stereocenters. The van der Waals surface area contributed by atoms with Crippen LogP contribution in [0.2, 0.25) is 0 Å². The molecule has 0 bridgehead atoms. The van der Waals surface area contributed by atoms with Crippen LogP contribution in [-0.4, -0.2) is 10.2 Å². The van der Waals surface area contributed by atoms with E-state index in [4.69, 9.17) is 5.73 Å². The van der Waals surface area contributed by atoms with Gasteiger partial charge in [-0.15, -0.1) is 0 Å². The van der Waals surface area contributed by atoms with E-state index in [0.29, 0.717) is 5.25 Å². The van der Waals surface area contributed by atoms with E-state index in [1.165, 1.54) is 10.9 Å². The van der Waals surface area contributed by atoms with Crippen LogP contribution in [0.3, 0.4) is 0 Å². The minimum Gasteiger partial charge on any atom is -0.398 e. The lowest BCUT2D eigenvalue weighted by Gasteiger charge is -2.04. The Balaban J connectivity index is 2.35. The predicted molar refractivity (Wildman–Crippen MR) is 69.1 cm³/mol. The number of aromatic amines is 1. The molecule has 2 nitrogen and oxygen atoms in total. The van der Waals surface area contributed by atoms with E-state index in [0.717, 1.165) is 17.0 Å². The normalized spacial score (nSPS) is 11.4. The van der Waals surface area contributed by atoms with Crippen molar-refractivity contribution in [2.75, 3.05) is 5.73 Å². The van der Waals surface area contributed by atoms with Gasteiger partial charge in [0.15, 0.2) is 0 Å². The van der Waals surface area contributed by atoms with E-state index in [1.54, 1.807) is 0 Å². The van der Waals surface area contributed by atoms with Crippen molar-refractivity contribution in [2.45, 2.75) is 24.9 Å². The Morgan fingerprint density at radius 1 is 1.40 bits per heavy atom. The molecule has 0 saturated carbocycles.